The molecule has 0 spiro atoms. The zero-order chi connectivity index (χ0) is 15.4. The van der Waals surface area contributed by atoms with Crippen LogP contribution in [0.25, 0.3) is 0 Å². The minimum atomic E-state index is -0.152. The molecule has 0 saturated carbocycles. The highest BCUT2D eigenvalue weighted by atomic mass is 35.5. The van der Waals surface area contributed by atoms with Gasteiger partial charge in [-0.3, -0.25) is 9.48 Å². The van der Waals surface area contributed by atoms with Crippen molar-refractivity contribution in [3.05, 3.63) is 46.7 Å². The quantitative estimate of drug-likeness (QED) is 0.853. The Morgan fingerprint density at radius 1 is 1.43 bits per heavy atom. The molecule has 0 N–H and O–H groups in total. The Hall–Kier alpha value is -2.01. The molecular weight excluding hydrogens is 290 g/mol. The van der Waals surface area contributed by atoms with Crippen LogP contribution in [-0.2, 0) is 13.1 Å². The van der Waals surface area contributed by atoms with Crippen LogP contribution >= 0.6 is 11.6 Å². The van der Waals surface area contributed by atoms with Crippen molar-refractivity contribution in [2.45, 2.75) is 20.0 Å². The van der Waals surface area contributed by atoms with Crippen LogP contribution < -0.4 is 4.74 Å². The van der Waals surface area contributed by atoms with Crippen LogP contribution in [0.2, 0.25) is 5.02 Å². The lowest BCUT2D eigenvalue weighted by Gasteiger charge is -2.17. The third-order valence-electron chi connectivity index (χ3n) is 3.16. The van der Waals surface area contributed by atoms with Crippen LogP contribution in [0.1, 0.15) is 23.0 Å². The first-order valence-electron chi connectivity index (χ1n) is 6.66. The minimum Gasteiger partial charge on any atom is -0.496 e. The van der Waals surface area contributed by atoms with E-state index in [0.717, 1.165) is 12.2 Å². The Balaban J connectivity index is 2.17. The Kier molecular flexibility index (Phi) is 4.85. The summed E-state index contributed by atoms with van der Waals surface area (Å²) in [7, 11) is 3.26. The van der Waals surface area contributed by atoms with Crippen molar-refractivity contribution in [1.29, 1.82) is 0 Å². The highest BCUT2D eigenvalue weighted by molar-refractivity contribution is 6.31. The second-order valence-corrected chi connectivity index (χ2v) is 5.11. The van der Waals surface area contributed by atoms with Gasteiger partial charge in [-0.2, -0.15) is 5.10 Å². The normalized spacial score (nSPS) is 10.5. The summed E-state index contributed by atoms with van der Waals surface area (Å²) in [5, 5.41) is 4.87. The number of halogens is 1. The second kappa shape index (κ2) is 6.63. The zero-order valence-corrected chi connectivity index (χ0v) is 13.1. The summed E-state index contributed by atoms with van der Waals surface area (Å²) in [5.74, 6) is 0.357. The van der Waals surface area contributed by atoms with Crippen LogP contribution in [-0.4, -0.2) is 34.7 Å². The molecule has 0 unspecified atom stereocenters. The predicted molar refractivity (Wildman–Crippen MR) is 81.7 cm³/mol. The van der Waals surface area contributed by atoms with Gasteiger partial charge < -0.3 is 9.64 Å². The van der Waals surface area contributed by atoms with Gasteiger partial charge in [0.25, 0.3) is 5.91 Å². The van der Waals surface area contributed by atoms with E-state index in [2.05, 4.69) is 5.10 Å². The molecule has 0 bridgehead atoms. The van der Waals surface area contributed by atoms with Crippen LogP contribution in [0.3, 0.4) is 0 Å². The molecule has 0 aliphatic carbocycles. The number of hydrogen-bond acceptors (Lipinski definition) is 3. The Morgan fingerprint density at radius 2 is 2.19 bits per heavy atom. The maximum absolute atomic E-state index is 12.5. The van der Waals surface area contributed by atoms with E-state index >= 15 is 0 Å². The Bertz CT molecular complexity index is 640. The average molecular weight is 308 g/mol. The van der Waals surface area contributed by atoms with Gasteiger partial charge in [0.1, 0.15) is 5.75 Å². The number of rotatable bonds is 5. The number of carbonyl (C=O) groups excluding carboxylic acids is 1. The van der Waals surface area contributed by atoms with E-state index in [9.17, 15) is 4.79 Å². The number of carbonyl (C=O) groups is 1. The standard InChI is InChI=1S/C15H18ClN3O2/c1-4-19-8-7-12(17-19)10-18(2)15(20)13-9-11(16)5-6-14(13)21-3/h5-9H,4,10H2,1-3H3. The monoisotopic (exact) mass is 307 g/mol. The summed E-state index contributed by atoms with van der Waals surface area (Å²) in [5.41, 5.74) is 1.29. The fraction of sp³-hybridized carbons (Fsp3) is 0.333. The van der Waals surface area contributed by atoms with Gasteiger partial charge in [-0.25, -0.2) is 0 Å². The topological polar surface area (TPSA) is 47.4 Å². The fourth-order valence-electron chi connectivity index (χ4n) is 2.03. The Morgan fingerprint density at radius 3 is 2.81 bits per heavy atom. The number of methoxy groups -OCH3 is 1. The zero-order valence-electron chi connectivity index (χ0n) is 12.3. The summed E-state index contributed by atoms with van der Waals surface area (Å²) in [6.07, 6.45) is 1.90. The molecule has 1 aromatic carbocycles. The van der Waals surface area contributed by atoms with Crippen molar-refractivity contribution in [3.8, 4) is 5.75 Å². The molecule has 112 valence electrons. The molecule has 6 heteroatoms. The third-order valence-corrected chi connectivity index (χ3v) is 3.39. The number of aryl methyl sites for hydroxylation is 1. The van der Waals surface area contributed by atoms with E-state index in [1.54, 1.807) is 30.1 Å². The third kappa shape index (κ3) is 3.55. The lowest BCUT2D eigenvalue weighted by atomic mass is 10.1. The fourth-order valence-corrected chi connectivity index (χ4v) is 2.20. The molecule has 1 aromatic heterocycles. The van der Waals surface area contributed by atoms with Gasteiger partial charge in [-0.1, -0.05) is 11.6 Å². The van der Waals surface area contributed by atoms with Crippen LogP contribution in [0.4, 0.5) is 0 Å². The van der Waals surface area contributed by atoms with E-state index < -0.39 is 0 Å². The minimum absolute atomic E-state index is 0.152. The molecule has 0 atom stereocenters. The largest absolute Gasteiger partial charge is 0.496 e. The average Bonchev–Trinajstić information content (AvgIpc) is 2.94. The van der Waals surface area contributed by atoms with Gasteiger partial charge in [0.2, 0.25) is 0 Å². The molecule has 1 heterocycles. The predicted octanol–water partition coefficient (Wildman–Crippen LogP) is 2.84. The number of aromatic nitrogens is 2. The molecule has 0 saturated heterocycles. The van der Waals surface area contributed by atoms with Crippen molar-refractivity contribution in [1.82, 2.24) is 14.7 Å². The molecule has 2 rings (SSSR count). The maximum atomic E-state index is 12.5. The van der Waals surface area contributed by atoms with E-state index in [1.807, 2.05) is 23.9 Å². The first kappa shape index (κ1) is 15.4. The van der Waals surface area contributed by atoms with Crippen molar-refractivity contribution in [2.24, 2.45) is 0 Å². The summed E-state index contributed by atoms with van der Waals surface area (Å²) < 4.78 is 7.04. The molecule has 0 fully saturated rings. The van der Waals surface area contributed by atoms with Crippen molar-refractivity contribution < 1.29 is 9.53 Å². The van der Waals surface area contributed by atoms with Crippen LogP contribution in [0.5, 0.6) is 5.75 Å². The van der Waals surface area contributed by atoms with Crippen molar-refractivity contribution in [2.75, 3.05) is 14.2 Å². The second-order valence-electron chi connectivity index (χ2n) is 4.67. The molecule has 1 amide bonds. The van der Waals surface area contributed by atoms with E-state index in [4.69, 9.17) is 16.3 Å². The summed E-state index contributed by atoms with van der Waals surface area (Å²) in [6.45, 7) is 3.25. The molecule has 5 nitrogen and oxygen atoms in total. The number of benzene rings is 1. The number of nitrogens with zero attached hydrogens (tertiary/aromatic N) is 3. The molecule has 2 aromatic rings. The smallest absolute Gasteiger partial charge is 0.257 e. The first-order valence-corrected chi connectivity index (χ1v) is 7.04. The number of ether oxygens (including phenoxy) is 1. The lowest BCUT2D eigenvalue weighted by molar-refractivity contribution is 0.0780. The van der Waals surface area contributed by atoms with Gasteiger partial charge in [0, 0.05) is 24.8 Å². The lowest BCUT2D eigenvalue weighted by Crippen LogP contribution is -2.27. The highest BCUT2D eigenvalue weighted by Crippen LogP contribution is 2.24. The van der Waals surface area contributed by atoms with Crippen molar-refractivity contribution >= 4 is 17.5 Å². The maximum Gasteiger partial charge on any atom is 0.257 e. The van der Waals surface area contributed by atoms with E-state index in [-0.39, 0.29) is 5.91 Å². The molecule has 0 aliphatic rings. The van der Waals surface area contributed by atoms with Gasteiger partial charge in [0.15, 0.2) is 0 Å². The molecule has 0 aliphatic heterocycles. The Labute approximate surface area is 129 Å². The van der Waals surface area contributed by atoms with Gasteiger partial charge in [-0.15, -0.1) is 0 Å². The van der Waals surface area contributed by atoms with Gasteiger partial charge in [0.05, 0.1) is 24.9 Å². The molecule has 21 heavy (non-hydrogen) atoms. The summed E-state index contributed by atoms with van der Waals surface area (Å²) in [4.78, 5) is 14.1. The molecular formula is C15H18ClN3O2. The number of hydrogen-bond donors (Lipinski definition) is 0. The van der Waals surface area contributed by atoms with E-state index in [0.29, 0.717) is 22.9 Å². The molecule has 0 radical (unpaired) electrons. The van der Waals surface area contributed by atoms with E-state index in [1.165, 1.54) is 7.11 Å². The van der Waals surface area contributed by atoms with Gasteiger partial charge >= 0.3 is 0 Å². The SMILES string of the molecule is CCn1ccc(CN(C)C(=O)c2cc(Cl)ccc2OC)n1. The van der Waals surface area contributed by atoms with Crippen LogP contribution in [0, 0.1) is 0 Å². The highest BCUT2D eigenvalue weighted by Gasteiger charge is 2.18. The van der Waals surface area contributed by atoms with Gasteiger partial charge in [-0.05, 0) is 31.2 Å². The summed E-state index contributed by atoms with van der Waals surface area (Å²) in [6, 6.07) is 6.90. The summed E-state index contributed by atoms with van der Waals surface area (Å²) >= 11 is 5.96. The number of amides is 1. The first-order chi connectivity index (χ1) is 10.0. The van der Waals surface area contributed by atoms with Crippen LogP contribution in [0.15, 0.2) is 30.5 Å². The van der Waals surface area contributed by atoms with Crippen molar-refractivity contribution in [3.63, 3.8) is 0 Å².